The third-order valence-corrected chi connectivity index (χ3v) is 5.78. The number of benzene rings is 3. The molecule has 1 aliphatic rings. The molecule has 7 nitrogen and oxygen atoms in total. The Hall–Kier alpha value is -4.17. The Kier molecular flexibility index (Phi) is 7.83. The molecule has 0 fully saturated rings. The van der Waals surface area contributed by atoms with E-state index in [1.54, 1.807) is 6.07 Å². The lowest BCUT2D eigenvalue weighted by Gasteiger charge is -2.19. The third kappa shape index (κ3) is 6.77. The molecule has 8 heteroatoms. The SMILES string of the molecule is CN(C)Cc1ccc(N/C(=C2\C(=O)Nc3cc(F)ccc32)c2ccc(CNC(=O)OC(C)(C)C)cc2)cc1. The van der Waals surface area contributed by atoms with Crippen LogP contribution in [0, 0.1) is 5.82 Å². The average molecular weight is 517 g/mol. The second-order valence-corrected chi connectivity index (χ2v) is 10.5. The van der Waals surface area contributed by atoms with Crippen LogP contribution in [0.5, 0.6) is 0 Å². The molecule has 0 unspecified atom stereocenters. The molecule has 0 aliphatic carbocycles. The van der Waals surface area contributed by atoms with Crippen molar-refractivity contribution in [3.05, 3.63) is 94.8 Å². The Bertz CT molecular complexity index is 1360. The van der Waals surface area contributed by atoms with Gasteiger partial charge in [-0.3, -0.25) is 4.79 Å². The second kappa shape index (κ2) is 11.1. The van der Waals surface area contributed by atoms with Gasteiger partial charge < -0.3 is 25.6 Å². The number of alkyl carbamates (subject to hydrolysis) is 1. The van der Waals surface area contributed by atoms with E-state index in [-0.39, 0.29) is 5.91 Å². The summed E-state index contributed by atoms with van der Waals surface area (Å²) >= 11 is 0. The number of nitrogens with one attached hydrogen (secondary N) is 3. The Morgan fingerprint density at radius 2 is 1.63 bits per heavy atom. The summed E-state index contributed by atoms with van der Waals surface area (Å²) in [7, 11) is 4.03. The van der Waals surface area contributed by atoms with Crippen LogP contribution in [0.25, 0.3) is 11.3 Å². The van der Waals surface area contributed by atoms with E-state index in [4.69, 9.17) is 4.74 Å². The van der Waals surface area contributed by atoms with Crippen LogP contribution in [-0.4, -0.2) is 36.6 Å². The highest BCUT2D eigenvalue weighted by Gasteiger charge is 2.29. The summed E-state index contributed by atoms with van der Waals surface area (Å²) in [4.78, 5) is 27.2. The van der Waals surface area contributed by atoms with Crippen LogP contribution in [-0.2, 0) is 22.6 Å². The van der Waals surface area contributed by atoms with Crippen molar-refractivity contribution >= 4 is 34.6 Å². The highest BCUT2D eigenvalue weighted by atomic mass is 19.1. The van der Waals surface area contributed by atoms with Crippen molar-refractivity contribution in [2.45, 2.75) is 39.5 Å². The molecule has 0 atom stereocenters. The van der Waals surface area contributed by atoms with Gasteiger partial charge in [0.05, 0.1) is 17.0 Å². The molecule has 38 heavy (non-hydrogen) atoms. The summed E-state index contributed by atoms with van der Waals surface area (Å²) in [6.45, 7) is 6.54. The number of hydrogen-bond donors (Lipinski definition) is 3. The smallest absolute Gasteiger partial charge is 0.407 e. The summed E-state index contributed by atoms with van der Waals surface area (Å²) in [5.41, 5.74) is 5.12. The summed E-state index contributed by atoms with van der Waals surface area (Å²) < 4.78 is 19.2. The summed E-state index contributed by atoms with van der Waals surface area (Å²) in [5.74, 6) is -0.730. The van der Waals surface area contributed by atoms with Gasteiger partial charge in [0.15, 0.2) is 0 Å². The van der Waals surface area contributed by atoms with Crippen molar-refractivity contribution in [3.8, 4) is 0 Å². The predicted molar refractivity (Wildman–Crippen MR) is 149 cm³/mol. The minimum Gasteiger partial charge on any atom is -0.444 e. The maximum atomic E-state index is 13.9. The first-order valence-corrected chi connectivity index (χ1v) is 12.4. The van der Waals surface area contributed by atoms with Crippen molar-refractivity contribution in [1.29, 1.82) is 0 Å². The number of anilines is 2. The molecule has 1 heterocycles. The molecule has 2 amide bonds. The van der Waals surface area contributed by atoms with Gasteiger partial charge in [-0.05, 0) is 81.9 Å². The summed E-state index contributed by atoms with van der Waals surface area (Å²) in [6, 6.07) is 19.8. The molecular formula is C30H33FN4O3. The van der Waals surface area contributed by atoms with Crippen LogP contribution in [0.2, 0.25) is 0 Å². The number of nitrogens with zero attached hydrogens (tertiary/aromatic N) is 1. The van der Waals surface area contributed by atoms with E-state index in [0.29, 0.717) is 29.1 Å². The highest BCUT2D eigenvalue weighted by molar-refractivity contribution is 6.37. The number of ether oxygens (including phenoxy) is 1. The molecule has 0 bridgehead atoms. The fourth-order valence-corrected chi connectivity index (χ4v) is 4.15. The van der Waals surface area contributed by atoms with Crippen LogP contribution in [0.3, 0.4) is 0 Å². The first-order chi connectivity index (χ1) is 18.0. The van der Waals surface area contributed by atoms with E-state index in [2.05, 4.69) is 20.9 Å². The standard InChI is InChI=1S/C30H33FN4O3/c1-30(2,3)38-29(37)32-17-19-6-10-21(11-7-19)27(33-23-13-8-20(9-14-23)18-35(4)5)26-24-15-12-22(31)16-25(24)34-28(26)36/h6-16,33H,17-18H2,1-5H3,(H,32,37)(H,34,36)/b27-26-. The van der Waals surface area contributed by atoms with Crippen LogP contribution in [0.4, 0.5) is 20.6 Å². The van der Waals surface area contributed by atoms with Gasteiger partial charge in [0.2, 0.25) is 0 Å². The van der Waals surface area contributed by atoms with Crippen molar-refractivity contribution in [2.75, 3.05) is 24.7 Å². The zero-order valence-electron chi connectivity index (χ0n) is 22.3. The molecule has 0 saturated heterocycles. The lowest BCUT2D eigenvalue weighted by molar-refractivity contribution is -0.110. The fourth-order valence-electron chi connectivity index (χ4n) is 4.15. The maximum Gasteiger partial charge on any atom is 0.407 e. The van der Waals surface area contributed by atoms with E-state index in [0.717, 1.165) is 28.9 Å². The fraction of sp³-hybridized carbons (Fsp3) is 0.267. The van der Waals surface area contributed by atoms with Gasteiger partial charge in [0.25, 0.3) is 5.91 Å². The molecular weight excluding hydrogens is 483 g/mol. The predicted octanol–water partition coefficient (Wildman–Crippen LogP) is 5.84. The van der Waals surface area contributed by atoms with Crippen molar-refractivity contribution in [3.63, 3.8) is 0 Å². The van der Waals surface area contributed by atoms with Gasteiger partial charge in [-0.25, -0.2) is 9.18 Å². The molecule has 4 rings (SSSR count). The Morgan fingerprint density at radius 1 is 0.974 bits per heavy atom. The van der Waals surface area contributed by atoms with Gasteiger partial charge in [-0.2, -0.15) is 0 Å². The first kappa shape index (κ1) is 26.9. The average Bonchev–Trinajstić information content (AvgIpc) is 3.15. The van der Waals surface area contributed by atoms with E-state index < -0.39 is 17.5 Å². The van der Waals surface area contributed by atoms with E-state index in [9.17, 15) is 14.0 Å². The number of rotatable bonds is 7. The Morgan fingerprint density at radius 3 is 2.26 bits per heavy atom. The molecule has 0 spiro atoms. The van der Waals surface area contributed by atoms with Crippen LogP contribution in [0.1, 0.15) is 43.0 Å². The maximum absolute atomic E-state index is 13.9. The van der Waals surface area contributed by atoms with Crippen LogP contribution in [0.15, 0.2) is 66.7 Å². The van der Waals surface area contributed by atoms with Crippen molar-refractivity contribution in [2.24, 2.45) is 0 Å². The molecule has 3 aromatic rings. The van der Waals surface area contributed by atoms with E-state index in [1.807, 2.05) is 83.4 Å². The van der Waals surface area contributed by atoms with Crippen molar-refractivity contribution in [1.82, 2.24) is 10.2 Å². The normalized spacial score (nSPS) is 14.1. The van der Waals surface area contributed by atoms with E-state index >= 15 is 0 Å². The van der Waals surface area contributed by atoms with Crippen LogP contribution >= 0.6 is 0 Å². The largest absolute Gasteiger partial charge is 0.444 e. The molecule has 1 aliphatic heterocycles. The minimum atomic E-state index is -0.577. The minimum absolute atomic E-state index is 0.296. The molecule has 3 aromatic carbocycles. The number of halogens is 1. The first-order valence-electron chi connectivity index (χ1n) is 12.4. The van der Waals surface area contributed by atoms with Gasteiger partial charge in [0, 0.05) is 24.3 Å². The molecule has 198 valence electrons. The number of fused-ring (bicyclic) bond motifs is 1. The third-order valence-electron chi connectivity index (χ3n) is 5.78. The molecule has 0 radical (unpaired) electrons. The lowest BCUT2D eigenvalue weighted by Crippen LogP contribution is -2.32. The van der Waals surface area contributed by atoms with Crippen LogP contribution < -0.4 is 16.0 Å². The molecule has 0 saturated carbocycles. The van der Waals surface area contributed by atoms with E-state index in [1.165, 1.54) is 12.1 Å². The summed E-state index contributed by atoms with van der Waals surface area (Å²) in [5, 5.41) is 8.95. The monoisotopic (exact) mass is 516 g/mol. The quantitative estimate of drug-likeness (QED) is 0.344. The Balaban J connectivity index is 1.65. The number of carbonyl (C=O) groups excluding carboxylic acids is 2. The zero-order valence-corrected chi connectivity index (χ0v) is 22.3. The van der Waals surface area contributed by atoms with Gasteiger partial charge in [-0.15, -0.1) is 0 Å². The highest BCUT2D eigenvalue weighted by Crippen LogP contribution is 2.38. The molecule has 0 aromatic heterocycles. The lowest BCUT2D eigenvalue weighted by atomic mass is 9.99. The van der Waals surface area contributed by atoms with Gasteiger partial charge >= 0.3 is 6.09 Å². The number of amides is 2. The number of hydrogen-bond acceptors (Lipinski definition) is 5. The second-order valence-electron chi connectivity index (χ2n) is 10.5. The Labute approximate surface area is 222 Å². The van der Waals surface area contributed by atoms with Crippen molar-refractivity contribution < 1.29 is 18.7 Å². The zero-order chi connectivity index (χ0) is 27.4. The number of carbonyl (C=O) groups is 2. The molecule has 3 N–H and O–H groups in total. The topological polar surface area (TPSA) is 82.7 Å². The van der Waals surface area contributed by atoms with Gasteiger partial charge in [0.1, 0.15) is 11.4 Å². The van der Waals surface area contributed by atoms with Gasteiger partial charge in [-0.1, -0.05) is 36.4 Å². The summed E-state index contributed by atoms with van der Waals surface area (Å²) in [6.07, 6.45) is -0.491.